The van der Waals surface area contributed by atoms with Crippen LogP contribution in [0.2, 0.25) is 0 Å². The molecule has 1 aromatic carbocycles. The van der Waals surface area contributed by atoms with Crippen molar-refractivity contribution in [1.82, 2.24) is 14.9 Å². The molecule has 3 N–H and O–H groups in total. The van der Waals surface area contributed by atoms with Gasteiger partial charge in [-0.15, -0.1) is 0 Å². The molecule has 37 heavy (non-hydrogen) atoms. The van der Waals surface area contributed by atoms with Gasteiger partial charge in [-0.2, -0.15) is 13.2 Å². The summed E-state index contributed by atoms with van der Waals surface area (Å²) >= 11 is 0. The molecular weight excluding hydrogens is 513 g/mol. The van der Waals surface area contributed by atoms with Gasteiger partial charge in [0.15, 0.2) is 34.3 Å². The summed E-state index contributed by atoms with van der Waals surface area (Å²) in [5.41, 5.74) is -2.71. The molecular formula is C23H21F7N4O3. The molecule has 0 spiro atoms. The van der Waals surface area contributed by atoms with Crippen LogP contribution in [0.5, 0.6) is 0 Å². The first kappa shape index (κ1) is 26.8. The molecule has 1 aliphatic heterocycles. The highest BCUT2D eigenvalue weighted by Gasteiger charge is 2.38. The quantitative estimate of drug-likeness (QED) is 0.422. The molecule has 14 heteroatoms. The Bertz CT molecular complexity index is 1360. The first-order valence-corrected chi connectivity index (χ1v) is 11.1. The number of hydrogen-bond acceptors (Lipinski definition) is 6. The smallest absolute Gasteiger partial charge is 0.389 e. The number of aliphatic hydroxyl groups excluding tert-OH is 2. The molecule has 200 valence electrons. The first-order valence-electron chi connectivity index (χ1n) is 11.1. The van der Waals surface area contributed by atoms with Gasteiger partial charge >= 0.3 is 6.18 Å². The number of fused-ring (bicyclic) bond motifs is 1. The van der Waals surface area contributed by atoms with E-state index in [9.17, 15) is 41.4 Å². The Hall–Kier alpha value is -3.23. The van der Waals surface area contributed by atoms with Crippen molar-refractivity contribution >= 4 is 16.9 Å². The van der Waals surface area contributed by atoms with E-state index in [2.05, 4.69) is 10.3 Å². The summed E-state index contributed by atoms with van der Waals surface area (Å²) in [5, 5.41) is 21.3. The third-order valence-electron chi connectivity index (χ3n) is 6.11. The maximum Gasteiger partial charge on any atom is 0.403 e. The molecule has 2 aromatic heterocycles. The molecule has 3 atom stereocenters. The SMILES string of the molecule is CC[C@H](NCc1cn(-c2c(F)cc(F)cc2F)c2nc(N3C[C@@H](O)[C@@H](O)C3)c(F)cc2c1=O)C(F)(F)F. The minimum Gasteiger partial charge on any atom is -0.389 e. The molecule has 0 bridgehead atoms. The van der Waals surface area contributed by atoms with Gasteiger partial charge in [-0.3, -0.25) is 9.36 Å². The summed E-state index contributed by atoms with van der Waals surface area (Å²) in [6.45, 7) is 0.0984. The van der Waals surface area contributed by atoms with Crippen molar-refractivity contribution in [3.8, 4) is 5.69 Å². The van der Waals surface area contributed by atoms with Crippen LogP contribution in [-0.4, -0.2) is 57.3 Å². The molecule has 0 aliphatic carbocycles. The average Bonchev–Trinajstić information content (AvgIpc) is 3.12. The number of benzene rings is 1. The normalized spacial score (nSPS) is 19.1. The second-order valence-corrected chi connectivity index (χ2v) is 8.66. The topological polar surface area (TPSA) is 90.6 Å². The van der Waals surface area contributed by atoms with Crippen molar-refractivity contribution in [2.75, 3.05) is 18.0 Å². The average molecular weight is 534 g/mol. The van der Waals surface area contributed by atoms with Crippen LogP contribution in [-0.2, 0) is 6.54 Å². The van der Waals surface area contributed by atoms with E-state index in [-0.39, 0.29) is 25.1 Å². The van der Waals surface area contributed by atoms with Crippen LogP contribution in [0, 0.1) is 23.3 Å². The van der Waals surface area contributed by atoms with Crippen molar-refractivity contribution in [3.63, 3.8) is 0 Å². The van der Waals surface area contributed by atoms with Crippen molar-refractivity contribution in [2.45, 2.75) is 44.3 Å². The molecule has 7 nitrogen and oxygen atoms in total. The van der Waals surface area contributed by atoms with Crippen LogP contribution >= 0.6 is 0 Å². The highest BCUT2D eigenvalue weighted by molar-refractivity contribution is 5.80. The van der Waals surface area contributed by atoms with Gasteiger partial charge in [0.05, 0.1) is 17.6 Å². The van der Waals surface area contributed by atoms with Crippen LogP contribution < -0.4 is 15.6 Å². The van der Waals surface area contributed by atoms with Gasteiger partial charge in [0, 0.05) is 43.5 Å². The van der Waals surface area contributed by atoms with E-state index in [0.717, 1.165) is 11.1 Å². The molecule has 3 heterocycles. The summed E-state index contributed by atoms with van der Waals surface area (Å²) < 4.78 is 98.3. The number of alkyl halides is 3. The summed E-state index contributed by atoms with van der Waals surface area (Å²) in [6, 6.07) is -0.582. The fourth-order valence-corrected chi connectivity index (χ4v) is 4.22. The van der Waals surface area contributed by atoms with E-state index in [1.807, 2.05) is 0 Å². The minimum absolute atomic E-state index is 0.238. The number of anilines is 1. The Balaban J connectivity index is 1.93. The number of pyridine rings is 2. The fraction of sp³-hybridized carbons (Fsp3) is 0.391. The summed E-state index contributed by atoms with van der Waals surface area (Å²) in [6.07, 6.45) is -6.64. The molecule has 0 saturated carbocycles. The van der Waals surface area contributed by atoms with E-state index < -0.39 is 82.2 Å². The predicted octanol–water partition coefficient (Wildman–Crippen LogP) is 2.91. The zero-order chi connectivity index (χ0) is 27.2. The maximum absolute atomic E-state index is 15.0. The Kier molecular flexibility index (Phi) is 7.18. The molecule has 3 aromatic rings. The van der Waals surface area contributed by atoms with E-state index >= 15 is 4.39 Å². The third kappa shape index (κ3) is 5.13. The molecule has 4 rings (SSSR count). The summed E-state index contributed by atoms with van der Waals surface area (Å²) in [7, 11) is 0. The minimum atomic E-state index is -4.65. The van der Waals surface area contributed by atoms with Gasteiger partial charge in [-0.05, 0) is 12.5 Å². The number of β-amino-alcohol motifs (C(OH)–C–C–N with tert-alkyl or cyclic N) is 2. The zero-order valence-corrected chi connectivity index (χ0v) is 19.2. The number of aromatic nitrogens is 2. The lowest BCUT2D eigenvalue weighted by molar-refractivity contribution is -0.156. The molecule has 0 radical (unpaired) electrons. The molecule has 1 aliphatic rings. The summed E-state index contributed by atoms with van der Waals surface area (Å²) in [4.78, 5) is 18.3. The van der Waals surface area contributed by atoms with E-state index in [1.54, 1.807) is 0 Å². The van der Waals surface area contributed by atoms with Gasteiger partial charge in [-0.25, -0.2) is 22.5 Å². The molecule has 0 amide bonds. The Morgan fingerprint density at radius 3 is 2.19 bits per heavy atom. The van der Waals surface area contributed by atoms with Gasteiger partial charge in [0.2, 0.25) is 0 Å². The van der Waals surface area contributed by atoms with Crippen LogP contribution in [0.4, 0.5) is 36.6 Å². The number of nitrogens with one attached hydrogen (secondary N) is 1. The maximum atomic E-state index is 15.0. The number of hydrogen-bond donors (Lipinski definition) is 3. The largest absolute Gasteiger partial charge is 0.403 e. The Labute approximate surface area is 204 Å². The molecule has 0 unspecified atom stereocenters. The second kappa shape index (κ2) is 9.91. The lowest BCUT2D eigenvalue weighted by Crippen LogP contribution is -2.42. The van der Waals surface area contributed by atoms with Crippen LogP contribution in [0.25, 0.3) is 16.7 Å². The van der Waals surface area contributed by atoms with Gasteiger partial charge < -0.3 is 20.4 Å². The summed E-state index contributed by atoms with van der Waals surface area (Å²) in [5.74, 6) is -5.61. The van der Waals surface area contributed by atoms with Crippen LogP contribution in [0.1, 0.15) is 18.9 Å². The van der Waals surface area contributed by atoms with Gasteiger partial charge in [-0.1, -0.05) is 6.92 Å². The predicted molar refractivity (Wildman–Crippen MR) is 118 cm³/mol. The van der Waals surface area contributed by atoms with Crippen LogP contribution in [0.15, 0.2) is 29.2 Å². The Morgan fingerprint density at radius 2 is 1.65 bits per heavy atom. The van der Waals surface area contributed by atoms with Crippen molar-refractivity contribution in [1.29, 1.82) is 0 Å². The number of nitrogens with zero attached hydrogens (tertiary/aromatic N) is 3. The van der Waals surface area contributed by atoms with Crippen molar-refractivity contribution in [3.05, 3.63) is 63.5 Å². The molecule has 1 saturated heterocycles. The Morgan fingerprint density at radius 1 is 1.05 bits per heavy atom. The number of halogens is 7. The highest BCUT2D eigenvalue weighted by Crippen LogP contribution is 2.29. The standard InChI is InChI=1S/C23H21F7N4O3/c1-2-18(23(28,29)30)31-6-10-7-34(19-13(25)3-11(24)4-14(19)26)21-12(20(10)37)5-15(27)22(32-21)33-8-16(35)17(36)9-33/h3-5,7,16-18,31,35-36H,2,6,8-9H2,1H3/t16-,17+,18-/m0/s1. The van der Waals surface area contributed by atoms with E-state index in [0.29, 0.717) is 22.8 Å². The zero-order valence-electron chi connectivity index (χ0n) is 19.2. The van der Waals surface area contributed by atoms with Gasteiger partial charge in [0.1, 0.15) is 17.5 Å². The van der Waals surface area contributed by atoms with E-state index in [4.69, 9.17) is 0 Å². The van der Waals surface area contributed by atoms with Crippen LogP contribution in [0.3, 0.4) is 0 Å². The monoisotopic (exact) mass is 534 g/mol. The fourth-order valence-electron chi connectivity index (χ4n) is 4.22. The lowest BCUT2D eigenvalue weighted by Gasteiger charge is -2.22. The first-order chi connectivity index (χ1) is 17.3. The molecule has 1 fully saturated rings. The lowest BCUT2D eigenvalue weighted by atomic mass is 10.1. The highest BCUT2D eigenvalue weighted by atomic mass is 19.4. The number of rotatable bonds is 6. The number of aliphatic hydroxyl groups is 2. The van der Waals surface area contributed by atoms with Crippen molar-refractivity contribution < 1.29 is 40.9 Å². The second-order valence-electron chi connectivity index (χ2n) is 8.66. The van der Waals surface area contributed by atoms with Crippen molar-refractivity contribution in [2.24, 2.45) is 0 Å². The van der Waals surface area contributed by atoms with Gasteiger partial charge in [0.25, 0.3) is 0 Å². The van der Waals surface area contributed by atoms with E-state index in [1.165, 1.54) is 6.92 Å². The third-order valence-corrected chi connectivity index (χ3v) is 6.11.